The number of halogens is 1. The highest BCUT2D eigenvalue weighted by molar-refractivity contribution is 9.10. The van der Waals surface area contributed by atoms with E-state index >= 15 is 0 Å². The fourth-order valence-corrected chi connectivity index (χ4v) is 3.49. The summed E-state index contributed by atoms with van der Waals surface area (Å²) in [5, 5.41) is 4.94. The van der Waals surface area contributed by atoms with Crippen molar-refractivity contribution in [2.24, 2.45) is 5.10 Å². The Balaban J connectivity index is 1.97. The molecule has 0 fully saturated rings. The largest absolute Gasteiger partial charge is 0.493 e. The average molecular weight is 516 g/mol. The molecule has 0 aliphatic carbocycles. The van der Waals surface area contributed by atoms with Crippen LogP contribution in [0.4, 0.5) is 0 Å². The SMILES string of the molecule is CCOC(=O)COc1ccc(C=Nn2c([C@@H](C)CC)nc3ccc(Br)cc3c2=O)cc1OC. The van der Waals surface area contributed by atoms with Gasteiger partial charge < -0.3 is 14.2 Å². The number of methoxy groups -OCH3 is 1. The van der Waals surface area contributed by atoms with Gasteiger partial charge in [-0.05, 0) is 55.3 Å². The van der Waals surface area contributed by atoms with Crippen molar-refractivity contribution in [1.82, 2.24) is 9.66 Å². The van der Waals surface area contributed by atoms with E-state index in [0.29, 0.717) is 33.8 Å². The lowest BCUT2D eigenvalue weighted by Gasteiger charge is -2.14. The number of benzene rings is 2. The van der Waals surface area contributed by atoms with Gasteiger partial charge in [0, 0.05) is 10.4 Å². The van der Waals surface area contributed by atoms with Gasteiger partial charge >= 0.3 is 5.97 Å². The number of aromatic nitrogens is 2. The molecule has 0 saturated carbocycles. The second kappa shape index (κ2) is 11.1. The van der Waals surface area contributed by atoms with Gasteiger partial charge in [-0.1, -0.05) is 29.8 Å². The Morgan fingerprint density at radius 2 is 2.00 bits per heavy atom. The molecule has 0 radical (unpaired) electrons. The van der Waals surface area contributed by atoms with Crippen molar-refractivity contribution in [3.63, 3.8) is 0 Å². The number of carbonyl (C=O) groups excluding carboxylic acids is 1. The molecule has 0 spiro atoms. The van der Waals surface area contributed by atoms with Crippen LogP contribution in [-0.2, 0) is 9.53 Å². The Labute approximate surface area is 200 Å². The lowest BCUT2D eigenvalue weighted by atomic mass is 10.1. The van der Waals surface area contributed by atoms with Crippen LogP contribution in [0, 0.1) is 0 Å². The Morgan fingerprint density at radius 3 is 2.70 bits per heavy atom. The van der Waals surface area contributed by atoms with Gasteiger partial charge in [0.05, 0.1) is 30.8 Å². The minimum atomic E-state index is -0.461. The molecule has 3 rings (SSSR count). The first kappa shape index (κ1) is 24.4. The van der Waals surface area contributed by atoms with Crippen LogP contribution in [0.2, 0.25) is 0 Å². The van der Waals surface area contributed by atoms with Crippen LogP contribution in [0.5, 0.6) is 11.5 Å². The van der Waals surface area contributed by atoms with Crippen molar-refractivity contribution in [3.05, 3.63) is 62.6 Å². The number of carbonyl (C=O) groups is 1. The van der Waals surface area contributed by atoms with E-state index in [4.69, 9.17) is 19.2 Å². The number of rotatable bonds is 9. The smallest absolute Gasteiger partial charge is 0.344 e. The van der Waals surface area contributed by atoms with E-state index in [1.165, 1.54) is 11.8 Å². The van der Waals surface area contributed by atoms with Crippen LogP contribution < -0.4 is 15.0 Å². The quantitative estimate of drug-likeness (QED) is 0.307. The van der Waals surface area contributed by atoms with E-state index in [2.05, 4.69) is 21.0 Å². The minimum absolute atomic E-state index is 0.0380. The summed E-state index contributed by atoms with van der Waals surface area (Å²) in [5.41, 5.74) is 1.08. The molecule has 0 saturated heterocycles. The molecular weight excluding hydrogens is 490 g/mol. The number of fused-ring (bicyclic) bond motifs is 1. The summed E-state index contributed by atoms with van der Waals surface area (Å²) >= 11 is 3.41. The van der Waals surface area contributed by atoms with Crippen LogP contribution >= 0.6 is 15.9 Å². The Morgan fingerprint density at radius 1 is 1.21 bits per heavy atom. The predicted molar refractivity (Wildman–Crippen MR) is 131 cm³/mol. The molecule has 9 heteroatoms. The molecule has 33 heavy (non-hydrogen) atoms. The molecule has 0 aliphatic heterocycles. The number of esters is 1. The molecule has 0 N–H and O–H groups in total. The van der Waals surface area contributed by atoms with E-state index in [0.717, 1.165) is 10.9 Å². The molecule has 1 heterocycles. The summed E-state index contributed by atoms with van der Waals surface area (Å²) in [4.78, 5) is 29.5. The standard InChI is InChI=1S/C24H26BrN3O5/c1-5-15(3)23-27-19-9-8-17(25)12-18(19)24(30)28(23)26-13-16-7-10-20(21(11-16)31-4)33-14-22(29)32-6-2/h7-13,15H,5-6,14H2,1-4H3/t15-/m0/s1. The zero-order valence-electron chi connectivity index (χ0n) is 19.0. The summed E-state index contributed by atoms with van der Waals surface area (Å²) in [6.45, 7) is 5.85. The molecule has 0 aliphatic rings. The molecular formula is C24H26BrN3O5. The molecule has 0 amide bonds. The highest BCUT2D eigenvalue weighted by atomic mass is 79.9. The molecule has 1 atom stereocenters. The van der Waals surface area contributed by atoms with E-state index < -0.39 is 5.97 Å². The van der Waals surface area contributed by atoms with Crippen molar-refractivity contribution in [3.8, 4) is 11.5 Å². The monoisotopic (exact) mass is 515 g/mol. The second-order valence-corrected chi connectivity index (χ2v) is 8.22. The summed E-state index contributed by atoms with van der Waals surface area (Å²) in [6.07, 6.45) is 2.38. The lowest BCUT2D eigenvalue weighted by molar-refractivity contribution is -0.145. The van der Waals surface area contributed by atoms with Gasteiger partial charge in [-0.3, -0.25) is 4.79 Å². The zero-order chi connectivity index (χ0) is 24.0. The Hall–Kier alpha value is -3.20. The van der Waals surface area contributed by atoms with Crippen LogP contribution in [0.25, 0.3) is 10.9 Å². The van der Waals surface area contributed by atoms with E-state index in [1.54, 1.807) is 37.4 Å². The highest BCUT2D eigenvalue weighted by Gasteiger charge is 2.16. The molecule has 2 aromatic carbocycles. The molecule has 3 aromatic rings. The van der Waals surface area contributed by atoms with Crippen molar-refractivity contribution in [1.29, 1.82) is 0 Å². The maximum Gasteiger partial charge on any atom is 0.344 e. The van der Waals surface area contributed by atoms with Crippen LogP contribution in [0.1, 0.15) is 44.5 Å². The summed E-state index contributed by atoms with van der Waals surface area (Å²) in [6, 6.07) is 10.6. The number of hydrogen-bond donors (Lipinski definition) is 0. The van der Waals surface area contributed by atoms with Gasteiger partial charge in [0.15, 0.2) is 18.1 Å². The molecule has 0 bridgehead atoms. The number of ether oxygens (including phenoxy) is 3. The maximum absolute atomic E-state index is 13.2. The highest BCUT2D eigenvalue weighted by Crippen LogP contribution is 2.28. The average Bonchev–Trinajstić information content (AvgIpc) is 2.82. The Bertz CT molecular complexity index is 1240. The molecule has 174 valence electrons. The summed E-state index contributed by atoms with van der Waals surface area (Å²) < 4.78 is 17.9. The lowest BCUT2D eigenvalue weighted by Crippen LogP contribution is -2.23. The van der Waals surface area contributed by atoms with Gasteiger partial charge in [-0.15, -0.1) is 0 Å². The number of nitrogens with zero attached hydrogens (tertiary/aromatic N) is 3. The maximum atomic E-state index is 13.2. The van der Waals surface area contributed by atoms with Crippen LogP contribution in [0.15, 0.2) is 50.8 Å². The van der Waals surface area contributed by atoms with Gasteiger partial charge in [0.1, 0.15) is 5.82 Å². The van der Waals surface area contributed by atoms with Crippen LogP contribution in [0.3, 0.4) is 0 Å². The normalized spacial score (nSPS) is 12.2. The van der Waals surface area contributed by atoms with Crippen molar-refractivity contribution in [2.45, 2.75) is 33.1 Å². The molecule has 1 aromatic heterocycles. The molecule has 0 unspecified atom stereocenters. The zero-order valence-corrected chi connectivity index (χ0v) is 20.6. The number of hydrogen-bond acceptors (Lipinski definition) is 7. The van der Waals surface area contributed by atoms with Crippen molar-refractivity contribution in [2.75, 3.05) is 20.3 Å². The third-order valence-corrected chi connectivity index (χ3v) is 5.54. The first-order valence-electron chi connectivity index (χ1n) is 10.6. The van der Waals surface area contributed by atoms with Gasteiger partial charge in [0.2, 0.25) is 0 Å². The third-order valence-electron chi connectivity index (χ3n) is 5.05. The van der Waals surface area contributed by atoms with E-state index in [-0.39, 0.29) is 24.7 Å². The van der Waals surface area contributed by atoms with Gasteiger partial charge in [-0.2, -0.15) is 9.78 Å². The first-order chi connectivity index (χ1) is 15.9. The summed E-state index contributed by atoms with van der Waals surface area (Å²) in [5.74, 6) is 0.999. The van der Waals surface area contributed by atoms with Crippen molar-refractivity contribution >= 4 is 39.0 Å². The topological polar surface area (TPSA) is 92.0 Å². The van der Waals surface area contributed by atoms with E-state index in [1.807, 2.05) is 26.0 Å². The fourth-order valence-electron chi connectivity index (χ4n) is 3.13. The summed E-state index contributed by atoms with van der Waals surface area (Å²) in [7, 11) is 1.50. The second-order valence-electron chi connectivity index (χ2n) is 7.31. The third kappa shape index (κ3) is 5.78. The van der Waals surface area contributed by atoms with Gasteiger partial charge in [0.25, 0.3) is 5.56 Å². The Kier molecular flexibility index (Phi) is 8.21. The van der Waals surface area contributed by atoms with E-state index in [9.17, 15) is 9.59 Å². The van der Waals surface area contributed by atoms with Crippen LogP contribution in [-0.4, -0.2) is 42.2 Å². The van der Waals surface area contributed by atoms with Crippen molar-refractivity contribution < 1.29 is 19.0 Å². The van der Waals surface area contributed by atoms with Gasteiger partial charge in [-0.25, -0.2) is 9.78 Å². The first-order valence-corrected chi connectivity index (χ1v) is 11.4. The minimum Gasteiger partial charge on any atom is -0.493 e. The predicted octanol–water partition coefficient (Wildman–Crippen LogP) is 4.51. The fraction of sp³-hybridized carbons (Fsp3) is 0.333. The molecule has 8 nitrogen and oxygen atoms in total.